The number of aromatic nitrogens is 2. The van der Waals surface area contributed by atoms with Gasteiger partial charge in [-0.2, -0.15) is 0 Å². The quantitative estimate of drug-likeness (QED) is 0.726. The van der Waals surface area contributed by atoms with Crippen LogP contribution in [0.15, 0.2) is 30.3 Å². The molecule has 0 amide bonds. The fourth-order valence-corrected chi connectivity index (χ4v) is 2.80. The van der Waals surface area contributed by atoms with Crippen LogP contribution in [0.2, 0.25) is 4.34 Å². The lowest BCUT2D eigenvalue weighted by atomic mass is 10.1. The number of hydrogen-bond donors (Lipinski definition) is 0. The molecule has 1 aromatic heterocycles. The van der Waals surface area contributed by atoms with E-state index in [1.807, 2.05) is 25.1 Å². The van der Waals surface area contributed by atoms with Crippen LogP contribution in [0.3, 0.4) is 0 Å². The summed E-state index contributed by atoms with van der Waals surface area (Å²) in [6.07, 6.45) is 0. The Morgan fingerprint density at radius 1 is 1.36 bits per heavy atom. The first kappa shape index (κ1) is 16.9. The molecule has 0 radical (unpaired) electrons. The molecule has 0 fully saturated rings. The third kappa shape index (κ3) is 4.76. The number of esters is 1. The van der Waals surface area contributed by atoms with Gasteiger partial charge in [0.05, 0.1) is 13.0 Å². The second-order valence-electron chi connectivity index (χ2n) is 5.07. The van der Waals surface area contributed by atoms with Crippen LogP contribution in [0.1, 0.15) is 18.2 Å². The summed E-state index contributed by atoms with van der Waals surface area (Å²) >= 11 is 7.26. The topological polar surface area (TPSA) is 55.3 Å². The number of carbonyl (C=O) groups excluding carboxylic acids is 1. The Morgan fingerprint density at radius 3 is 2.68 bits per heavy atom. The van der Waals surface area contributed by atoms with Crippen molar-refractivity contribution in [2.24, 2.45) is 5.92 Å². The number of hydrogen-bond acceptors (Lipinski definition) is 6. The molecule has 0 aliphatic rings. The summed E-state index contributed by atoms with van der Waals surface area (Å²) in [6.45, 7) is 3.67. The van der Waals surface area contributed by atoms with Gasteiger partial charge >= 0.3 is 5.97 Å². The van der Waals surface area contributed by atoms with Crippen LogP contribution in [0.25, 0.3) is 0 Å². The lowest BCUT2D eigenvalue weighted by Crippen LogP contribution is -2.32. The Morgan fingerprint density at radius 2 is 2.09 bits per heavy atom. The number of benzene rings is 1. The maximum Gasteiger partial charge on any atom is 0.309 e. The van der Waals surface area contributed by atoms with Crippen LogP contribution >= 0.6 is 23.1 Å². The van der Waals surface area contributed by atoms with E-state index >= 15 is 0 Å². The third-order valence-corrected chi connectivity index (χ3v) is 4.25. The smallest absolute Gasteiger partial charge is 0.309 e. The van der Waals surface area contributed by atoms with Gasteiger partial charge in [-0.05, 0) is 5.56 Å². The van der Waals surface area contributed by atoms with Crippen LogP contribution in [0.5, 0.6) is 0 Å². The number of rotatable bonds is 7. The maximum absolute atomic E-state index is 11.7. The first-order valence-corrected chi connectivity index (χ1v) is 8.06. The fraction of sp³-hybridized carbons (Fsp3) is 0.400. The van der Waals surface area contributed by atoms with Crippen LogP contribution in [0, 0.1) is 5.92 Å². The average Bonchev–Trinajstić information content (AvgIpc) is 2.92. The summed E-state index contributed by atoms with van der Waals surface area (Å²) in [5.41, 5.74) is 1.90. The van der Waals surface area contributed by atoms with Crippen molar-refractivity contribution >= 4 is 29.1 Å². The predicted molar refractivity (Wildman–Crippen MR) is 86.7 cm³/mol. The van der Waals surface area contributed by atoms with Crippen LogP contribution < -0.4 is 0 Å². The third-order valence-electron chi connectivity index (χ3n) is 3.27. The van der Waals surface area contributed by atoms with Crippen molar-refractivity contribution in [3.8, 4) is 0 Å². The molecule has 1 aromatic carbocycles. The molecule has 2 rings (SSSR count). The van der Waals surface area contributed by atoms with Gasteiger partial charge < -0.3 is 4.74 Å². The molecule has 2 aromatic rings. The first-order valence-electron chi connectivity index (χ1n) is 6.91. The summed E-state index contributed by atoms with van der Waals surface area (Å²) in [5.74, 6) is -0.445. The molecule has 0 bridgehead atoms. The summed E-state index contributed by atoms with van der Waals surface area (Å²) in [5, 5.41) is 4.05. The van der Waals surface area contributed by atoms with E-state index in [-0.39, 0.29) is 11.9 Å². The SMILES string of the molecule is COC(=O)C(C)CN(Cc1ccccc1)Cc1nnsc1Cl. The molecule has 118 valence electrons. The highest BCUT2D eigenvalue weighted by molar-refractivity contribution is 7.10. The molecule has 1 heterocycles. The molecule has 0 N–H and O–H groups in total. The van der Waals surface area contributed by atoms with Gasteiger partial charge in [-0.3, -0.25) is 9.69 Å². The minimum atomic E-state index is -0.223. The van der Waals surface area contributed by atoms with E-state index in [9.17, 15) is 4.79 Å². The van der Waals surface area contributed by atoms with Gasteiger partial charge in [0, 0.05) is 31.2 Å². The predicted octanol–water partition coefficient (Wildman–Crippen LogP) is 3.00. The summed E-state index contributed by atoms with van der Waals surface area (Å²) < 4.78 is 9.24. The second-order valence-corrected chi connectivity index (χ2v) is 6.43. The zero-order valence-corrected chi connectivity index (χ0v) is 14.1. The zero-order chi connectivity index (χ0) is 15.9. The van der Waals surface area contributed by atoms with E-state index in [2.05, 4.69) is 26.6 Å². The molecule has 7 heteroatoms. The van der Waals surface area contributed by atoms with Crippen molar-refractivity contribution in [3.63, 3.8) is 0 Å². The average molecular weight is 340 g/mol. The number of carbonyl (C=O) groups is 1. The van der Waals surface area contributed by atoms with Crippen LogP contribution in [-0.4, -0.2) is 34.1 Å². The lowest BCUT2D eigenvalue weighted by Gasteiger charge is -2.24. The molecule has 0 spiro atoms. The molecule has 1 unspecified atom stereocenters. The minimum Gasteiger partial charge on any atom is -0.469 e. The van der Waals surface area contributed by atoms with Crippen molar-refractivity contribution in [1.82, 2.24) is 14.5 Å². The van der Waals surface area contributed by atoms with Crippen molar-refractivity contribution in [3.05, 3.63) is 45.9 Å². The van der Waals surface area contributed by atoms with Crippen molar-refractivity contribution in [2.45, 2.75) is 20.0 Å². The molecule has 0 saturated heterocycles. The summed E-state index contributed by atoms with van der Waals surface area (Å²) in [7, 11) is 1.40. The largest absolute Gasteiger partial charge is 0.469 e. The number of halogens is 1. The van der Waals surface area contributed by atoms with Gasteiger partial charge in [0.25, 0.3) is 0 Å². The second kappa shape index (κ2) is 8.22. The highest BCUT2D eigenvalue weighted by Crippen LogP contribution is 2.20. The molecule has 1 atom stereocenters. The zero-order valence-electron chi connectivity index (χ0n) is 12.5. The molecule has 0 aliphatic heterocycles. The van der Waals surface area contributed by atoms with Crippen LogP contribution in [0.4, 0.5) is 0 Å². The van der Waals surface area contributed by atoms with E-state index in [0.717, 1.165) is 5.69 Å². The highest BCUT2D eigenvalue weighted by atomic mass is 35.5. The molecule has 0 aliphatic carbocycles. The van der Waals surface area contributed by atoms with E-state index in [1.54, 1.807) is 0 Å². The van der Waals surface area contributed by atoms with Crippen molar-refractivity contribution in [1.29, 1.82) is 0 Å². The number of methoxy groups -OCH3 is 1. The standard InChI is InChI=1S/C15H18ClN3O2S/c1-11(15(20)21-2)8-19(9-12-6-4-3-5-7-12)10-13-14(16)22-18-17-13/h3-7,11H,8-10H2,1-2H3. The maximum atomic E-state index is 11.7. The Kier molecular flexibility index (Phi) is 6.30. The Hall–Kier alpha value is -1.50. The van der Waals surface area contributed by atoms with Crippen molar-refractivity contribution in [2.75, 3.05) is 13.7 Å². The van der Waals surface area contributed by atoms with Gasteiger partial charge in [-0.15, -0.1) is 5.10 Å². The van der Waals surface area contributed by atoms with Gasteiger partial charge in [0.15, 0.2) is 0 Å². The minimum absolute atomic E-state index is 0.222. The molecular weight excluding hydrogens is 322 g/mol. The number of nitrogens with zero attached hydrogens (tertiary/aromatic N) is 3. The van der Waals surface area contributed by atoms with E-state index in [1.165, 1.54) is 24.2 Å². The molecule has 22 heavy (non-hydrogen) atoms. The van der Waals surface area contributed by atoms with E-state index in [4.69, 9.17) is 16.3 Å². The Balaban J connectivity index is 2.09. The fourth-order valence-electron chi connectivity index (χ4n) is 2.19. The summed E-state index contributed by atoms with van der Waals surface area (Å²) in [6, 6.07) is 10.1. The van der Waals surface area contributed by atoms with Crippen LogP contribution in [-0.2, 0) is 22.6 Å². The highest BCUT2D eigenvalue weighted by Gasteiger charge is 2.20. The summed E-state index contributed by atoms with van der Waals surface area (Å²) in [4.78, 5) is 13.8. The van der Waals surface area contributed by atoms with Crippen molar-refractivity contribution < 1.29 is 9.53 Å². The molecular formula is C15H18ClN3O2S. The van der Waals surface area contributed by atoms with Gasteiger partial charge in [0.2, 0.25) is 0 Å². The Bertz CT molecular complexity index is 606. The van der Waals surface area contributed by atoms with Gasteiger partial charge in [-0.25, -0.2) is 0 Å². The lowest BCUT2D eigenvalue weighted by molar-refractivity contribution is -0.145. The number of ether oxygens (including phenoxy) is 1. The monoisotopic (exact) mass is 339 g/mol. The normalized spacial score (nSPS) is 12.4. The van der Waals surface area contributed by atoms with Gasteiger partial charge in [0.1, 0.15) is 10.0 Å². The molecule has 0 saturated carbocycles. The first-order chi connectivity index (χ1) is 10.6. The van der Waals surface area contributed by atoms with E-state index in [0.29, 0.717) is 24.0 Å². The Labute approximate surface area is 139 Å². The molecule has 5 nitrogen and oxygen atoms in total. The van der Waals surface area contributed by atoms with E-state index < -0.39 is 0 Å². The van der Waals surface area contributed by atoms with Gasteiger partial charge in [-0.1, -0.05) is 53.3 Å².